The Morgan fingerprint density at radius 2 is 1.63 bits per heavy atom. The van der Waals surface area contributed by atoms with Crippen LogP contribution in [0.25, 0.3) is 0 Å². The number of nitrogens with zero attached hydrogens (tertiary/aromatic N) is 1. The summed E-state index contributed by atoms with van der Waals surface area (Å²) in [7, 11) is -4.54. The summed E-state index contributed by atoms with van der Waals surface area (Å²) in [4.78, 5) is 26.3. The molecule has 0 saturated carbocycles. The number of esters is 1. The second-order valence-electron chi connectivity index (χ2n) is 6.85. The minimum atomic E-state index is -4.64. The van der Waals surface area contributed by atoms with Crippen LogP contribution in [-0.4, -0.2) is 41.2 Å². The summed E-state index contributed by atoms with van der Waals surface area (Å²) in [5.74, 6) is -1.20. The number of carbonyl (C=O) groups excluding carboxylic acids is 2. The number of hydrogen-bond acceptors (Lipinski definition) is 7. The van der Waals surface area contributed by atoms with Crippen LogP contribution in [0.1, 0.15) is 30.6 Å². The van der Waals surface area contributed by atoms with Crippen LogP contribution in [0.2, 0.25) is 0 Å². The molecule has 2 aromatic rings. The highest BCUT2D eigenvalue weighted by molar-refractivity contribution is 8.70. The van der Waals surface area contributed by atoms with Gasteiger partial charge >= 0.3 is 5.97 Å². The van der Waals surface area contributed by atoms with E-state index in [2.05, 4.69) is 6.58 Å². The van der Waals surface area contributed by atoms with E-state index in [4.69, 9.17) is 4.74 Å². The third-order valence-electron chi connectivity index (χ3n) is 4.58. The van der Waals surface area contributed by atoms with E-state index >= 15 is 0 Å². The molecule has 0 radical (unpaired) electrons. The van der Waals surface area contributed by atoms with Gasteiger partial charge in [0, 0.05) is 0 Å². The molecule has 2 aromatic carbocycles. The lowest BCUT2D eigenvalue weighted by atomic mass is 10.00. The molecule has 0 N–H and O–H groups in total. The first kappa shape index (κ1) is 22.1. The Morgan fingerprint density at radius 1 is 1.13 bits per heavy atom. The van der Waals surface area contributed by atoms with E-state index in [0.717, 1.165) is 16.0 Å². The highest BCUT2D eigenvalue weighted by Gasteiger charge is 2.46. The van der Waals surface area contributed by atoms with Crippen LogP contribution in [0.5, 0.6) is 0 Å². The lowest BCUT2D eigenvalue weighted by molar-refractivity contribution is -0.162. The lowest BCUT2D eigenvalue weighted by Crippen LogP contribution is -2.59. The van der Waals surface area contributed by atoms with Crippen molar-refractivity contribution < 1.29 is 27.3 Å². The summed E-state index contributed by atoms with van der Waals surface area (Å²) < 4.78 is 39.2. The van der Waals surface area contributed by atoms with Gasteiger partial charge in [0.15, 0.2) is 21.3 Å². The Balaban J connectivity index is 1.89. The molecule has 0 aliphatic carbocycles. The molecule has 1 aliphatic rings. The van der Waals surface area contributed by atoms with Gasteiger partial charge in [0.2, 0.25) is 5.91 Å². The Kier molecular flexibility index (Phi) is 6.64. The summed E-state index contributed by atoms with van der Waals surface area (Å²) >= 11 is 0. The van der Waals surface area contributed by atoms with Crippen LogP contribution in [0.4, 0.5) is 0 Å². The predicted octanol–water partition coefficient (Wildman–Crippen LogP) is 3.02. The van der Waals surface area contributed by atoms with E-state index in [1.807, 2.05) is 60.7 Å². The smallest absolute Gasteiger partial charge is 0.334 e. The fourth-order valence-electron chi connectivity index (χ4n) is 3.24. The van der Waals surface area contributed by atoms with Gasteiger partial charge in [0.25, 0.3) is 0 Å². The van der Waals surface area contributed by atoms with Gasteiger partial charge in [0.1, 0.15) is 5.37 Å². The molecule has 1 aliphatic heterocycles. The molecule has 3 rings (SSSR count). The second-order valence-corrected chi connectivity index (χ2v) is 10.2. The molecule has 1 amide bonds. The highest BCUT2D eigenvalue weighted by atomic mass is 33.1. The third kappa shape index (κ3) is 5.10. The lowest BCUT2D eigenvalue weighted by Gasteiger charge is -2.44. The molecule has 0 unspecified atom stereocenters. The summed E-state index contributed by atoms with van der Waals surface area (Å²) in [5.41, 5.74) is 1.78. The zero-order chi connectivity index (χ0) is 21.9. The molecule has 2 atom stereocenters. The van der Waals surface area contributed by atoms with E-state index in [9.17, 15) is 22.6 Å². The first-order valence-corrected chi connectivity index (χ1v) is 11.9. The van der Waals surface area contributed by atoms with Crippen molar-refractivity contribution in [2.45, 2.75) is 30.9 Å². The fraction of sp³-hybridized carbons (Fsp3) is 0.238. The fourth-order valence-corrected chi connectivity index (χ4v) is 5.36. The van der Waals surface area contributed by atoms with Crippen LogP contribution >= 0.6 is 10.8 Å². The molecule has 158 valence electrons. The molecule has 0 spiro atoms. The van der Waals surface area contributed by atoms with E-state index in [1.54, 1.807) is 6.92 Å². The van der Waals surface area contributed by atoms with Gasteiger partial charge < -0.3 is 14.2 Å². The number of likely N-dealkylation sites (tertiary alicyclic amines) is 1. The molecule has 0 bridgehead atoms. The largest absolute Gasteiger partial charge is 0.739 e. The number of β-lactam (4-membered cyclic amide) rings is 1. The predicted molar refractivity (Wildman–Crippen MR) is 112 cm³/mol. The van der Waals surface area contributed by atoms with Gasteiger partial charge in [-0.2, -0.15) is 0 Å². The maximum Gasteiger partial charge on any atom is 0.334 e. The molecule has 0 aromatic heterocycles. The van der Waals surface area contributed by atoms with Crippen molar-refractivity contribution in [3.05, 3.63) is 83.9 Å². The summed E-state index contributed by atoms with van der Waals surface area (Å²) in [6.45, 7) is 5.31. The minimum Gasteiger partial charge on any atom is -0.739 e. The Morgan fingerprint density at radius 3 is 2.03 bits per heavy atom. The standard InChI is InChI=1S/C21H21NO6S2/c1-14(2)19(22-17(23)13-18(22)29-30(25,26)27)21(24)28-20(15-9-5-3-6-10-15)16-11-7-4-8-12-16/h3-12,18-20H,1,13H2,2H3,(H,25,26,27)/p-1/t18-,19-/m1/s1. The molecule has 1 saturated heterocycles. The first-order chi connectivity index (χ1) is 14.2. The van der Waals surface area contributed by atoms with Crippen molar-refractivity contribution in [1.82, 2.24) is 4.90 Å². The monoisotopic (exact) mass is 446 g/mol. The van der Waals surface area contributed by atoms with Crippen LogP contribution in [-0.2, 0) is 23.5 Å². The van der Waals surface area contributed by atoms with Crippen LogP contribution in [0.15, 0.2) is 72.8 Å². The van der Waals surface area contributed by atoms with Gasteiger partial charge in [-0.15, -0.1) is 0 Å². The first-order valence-electron chi connectivity index (χ1n) is 9.08. The Bertz CT molecular complexity index is 1000. The van der Waals surface area contributed by atoms with E-state index in [0.29, 0.717) is 5.57 Å². The number of benzene rings is 2. The summed E-state index contributed by atoms with van der Waals surface area (Å²) in [5, 5.41) is -0.957. The average Bonchev–Trinajstić information content (AvgIpc) is 2.69. The normalized spacial score (nSPS) is 17.4. The van der Waals surface area contributed by atoms with Gasteiger partial charge in [-0.25, -0.2) is 13.2 Å². The quantitative estimate of drug-likeness (QED) is 0.202. The molecule has 1 fully saturated rings. The van der Waals surface area contributed by atoms with Gasteiger partial charge in [-0.3, -0.25) is 4.79 Å². The number of carbonyl (C=O) groups is 2. The van der Waals surface area contributed by atoms with Crippen LogP contribution < -0.4 is 0 Å². The SMILES string of the molecule is C=C(C)[C@H](C(=O)OC(c1ccccc1)c1ccccc1)N1C(=O)C[C@H]1SS(=O)(=O)[O-]. The number of ether oxygens (including phenoxy) is 1. The van der Waals surface area contributed by atoms with Crippen molar-refractivity contribution in [2.75, 3.05) is 0 Å². The Labute approximate surface area is 178 Å². The minimum absolute atomic E-state index is 0.103. The second kappa shape index (κ2) is 9.03. The third-order valence-corrected chi connectivity index (χ3v) is 6.81. The van der Waals surface area contributed by atoms with Crippen LogP contribution in [0, 0.1) is 0 Å². The van der Waals surface area contributed by atoms with Gasteiger partial charge in [-0.05, 0) is 34.4 Å². The van der Waals surface area contributed by atoms with E-state index < -0.39 is 38.5 Å². The number of hydrogen-bond donors (Lipinski definition) is 0. The molecule has 9 heteroatoms. The van der Waals surface area contributed by atoms with E-state index in [1.165, 1.54) is 0 Å². The van der Waals surface area contributed by atoms with Crippen molar-refractivity contribution in [3.8, 4) is 0 Å². The zero-order valence-corrected chi connectivity index (χ0v) is 17.8. The topological polar surface area (TPSA) is 104 Å². The molecule has 1 heterocycles. The van der Waals surface area contributed by atoms with Crippen LogP contribution in [0.3, 0.4) is 0 Å². The molecule has 30 heavy (non-hydrogen) atoms. The summed E-state index contributed by atoms with van der Waals surface area (Å²) in [6.07, 6.45) is -0.878. The zero-order valence-electron chi connectivity index (χ0n) is 16.1. The van der Waals surface area contributed by atoms with Gasteiger partial charge in [0.05, 0.1) is 6.42 Å². The molecule has 7 nitrogen and oxygen atoms in total. The maximum atomic E-state index is 13.1. The van der Waals surface area contributed by atoms with Crippen molar-refractivity contribution in [1.29, 1.82) is 0 Å². The summed E-state index contributed by atoms with van der Waals surface area (Å²) in [6, 6.07) is 17.0. The maximum absolute atomic E-state index is 13.1. The van der Waals surface area contributed by atoms with Gasteiger partial charge in [-0.1, -0.05) is 67.2 Å². The molecular weight excluding hydrogens is 426 g/mol. The highest BCUT2D eigenvalue weighted by Crippen LogP contribution is 2.37. The van der Waals surface area contributed by atoms with Crippen molar-refractivity contribution in [3.63, 3.8) is 0 Å². The number of rotatable bonds is 8. The number of amides is 1. The Hall–Kier alpha value is -2.62. The average molecular weight is 447 g/mol. The van der Waals surface area contributed by atoms with Crippen molar-refractivity contribution in [2.24, 2.45) is 0 Å². The van der Waals surface area contributed by atoms with E-state index in [-0.39, 0.29) is 17.2 Å². The molecular formula is C21H20NO6S2-. The van der Waals surface area contributed by atoms with Crippen molar-refractivity contribution >= 4 is 31.8 Å².